The van der Waals surface area contributed by atoms with Crippen LogP contribution in [-0.2, 0) is 5.16 Å². The van der Waals surface area contributed by atoms with E-state index in [2.05, 4.69) is 107 Å². The Morgan fingerprint density at radius 2 is 1.09 bits per heavy atom. The van der Waals surface area contributed by atoms with E-state index in [0.717, 1.165) is 6.42 Å². The van der Waals surface area contributed by atoms with Crippen LogP contribution in [0.25, 0.3) is 0 Å². The maximum Gasteiger partial charge on any atom is 0.0412 e. The predicted molar refractivity (Wildman–Crippen MR) is 103 cm³/mol. The summed E-state index contributed by atoms with van der Waals surface area (Å²) in [6.45, 7) is 2.28. The summed E-state index contributed by atoms with van der Waals surface area (Å²) < 4.78 is 0. The lowest BCUT2D eigenvalue weighted by atomic mass is 9.75. The van der Waals surface area contributed by atoms with Gasteiger partial charge in [0.15, 0.2) is 0 Å². The molecule has 0 saturated carbocycles. The molecule has 3 rings (SSSR count). The van der Waals surface area contributed by atoms with Crippen molar-refractivity contribution in [1.29, 1.82) is 0 Å². The quantitative estimate of drug-likeness (QED) is 0.506. The molecule has 2 unspecified atom stereocenters. The van der Waals surface area contributed by atoms with Gasteiger partial charge in [0.25, 0.3) is 0 Å². The van der Waals surface area contributed by atoms with Crippen molar-refractivity contribution in [2.75, 3.05) is 0 Å². The van der Waals surface area contributed by atoms with E-state index in [-0.39, 0.29) is 5.16 Å². The standard InChI is InChI=1S/C22H23P/c1-2-21(18-12-6-3-7-13-18)22(23,19-14-8-4-9-15-19)20-16-10-5-11-17-20/h3-17,21H,2,23H2,1H3. The minimum absolute atomic E-state index is 0.126. The van der Waals surface area contributed by atoms with Gasteiger partial charge in [-0.3, -0.25) is 0 Å². The second kappa shape index (κ2) is 7.11. The van der Waals surface area contributed by atoms with Crippen LogP contribution < -0.4 is 0 Å². The zero-order chi connectivity index (χ0) is 16.1. The molecule has 0 fully saturated rings. The van der Waals surface area contributed by atoms with Crippen LogP contribution in [0, 0.1) is 0 Å². The van der Waals surface area contributed by atoms with Gasteiger partial charge in [0.1, 0.15) is 0 Å². The van der Waals surface area contributed by atoms with Gasteiger partial charge < -0.3 is 0 Å². The van der Waals surface area contributed by atoms with E-state index >= 15 is 0 Å². The van der Waals surface area contributed by atoms with Crippen molar-refractivity contribution < 1.29 is 0 Å². The first-order valence-electron chi connectivity index (χ1n) is 8.21. The van der Waals surface area contributed by atoms with Crippen molar-refractivity contribution in [1.82, 2.24) is 0 Å². The Morgan fingerprint density at radius 1 is 0.696 bits per heavy atom. The molecule has 0 heterocycles. The molecule has 0 N–H and O–H groups in total. The molecule has 0 aliphatic rings. The largest absolute Gasteiger partial charge is 0.121 e. The summed E-state index contributed by atoms with van der Waals surface area (Å²) in [5.41, 5.74) is 4.07. The Balaban J connectivity index is 2.19. The molecule has 3 aromatic carbocycles. The second-order valence-corrected chi connectivity index (χ2v) is 6.88. The number of benzene rings is 3. The Morgan fingerprint density at radius 3 is 1.48 bits per heavy atom. The van der Waals surface area contributed by atoms with Crippen molar-refractivity contribution in [3.63, 3.8) is 0 Å². The molecule has 2 atom stereocenters. The summed E-state index contributed by atoms with van der Waals surface area (Å²) in [4.78, 5) is 0. The predicted octanol–water partition coefficient (Wildman–Crippen LogP) is 6.00. The lowest BCUT2D eigenvalue weighted by molar-refractivity contribution is 0.542. The van der Waals surface area contributed by atoms with E-state index in [0.29, 0.717) is 5.92 Å². The number of rotatable bonds is 5. The average molecular weight is 318 g/mol. The highest BCUT2D eigenvalue weighted by Crippen LogP contribution is 2.51. The molecule has 0 aliphatic heterocycles. The van der Waals surface area contributed by atoms with Crippen LogP contribution in [-0.4, -0.2) is 0 Å². The van der Waals surface area contributed by atoms with Crippen LogP contribution in [0.15, 0.2) is 91.0 Å². The monoisotopic (exact) mass is 318 g/mol. The lowest BCUT2D eigenvalue weighted by Crippen LogP contribution is -2.28. The second-order valence-electron chi connectivity index (χ2n) is 5.97. The molecule has 23 heavy (non-hydrogen) atoms. The van der Waals surface area contributed by atoms with Gasteiger partial charge >= 0.3 is 0 Å². The molecule has 0 nitrogen and oxygen atoms in total. The highest BCUT2D eigenvalue weighted by Gasteiger charge is 2.37. The van der Waals surface area contributed by atoms with Crippen molar-refractivity contribution in [2.45, 2.75) is 24.4 Å². The van der Waals surface area contributed by atoms with E-state index in [1.807, 2.05) is 0 Å². The molecule has 1 heteroatoms. The smallest absolute Gasteiger partial charge is 0.0412 e. The maximum absolute atomic E-state index is 3.18. The number of hydrogen-bond donors (Lipinski definition) is 0. The molecule has 0 spiro atoms. The molecule has 0 aromatic heterocycles. The molecule has 0 bridgehead atoms. The van der Waals surface area contributed by atoms with E-state index in [9.17, 15) is 0 Å². The van der Waals surface area contributed by atoms with E-state index in [1.54, 1.807) is 0 Å². The maximum atomic E-state index is 3.18. The average Bonchev–Trinajstić information content (AvgIpc) is 2.64. The fourth-order valence-electron chi connectivity index (χ4n) is 3.50. The van der Waals surface area contributed by atoms with Crippen molar-refractivity contribution in [2.24, 2.45) is 0 Å². The number of hydrogen-bond acceptors (Lipinski definition) is 0. The summed E-state index contributed by atoms with van der Waals surface area (Å²) in [7, 11) is 3.18. The minimum Gasteiger partial charge on any atom is -0.121 e. The van der Waals surface area contributed by atoms with Gasteiger partial charge in [-0.15, -0.1) is 9.24 Å². The zero-order valence-electron chi connectivity index (χ0n) is 13.5. The topological polar surface area (TPSA) is 0 Å². The molecule has 0 saturated heterocycles. The van der Waals surface area contributed by atoms with Crippen LogP contribution in [0.4, 0.5) is 0 Å². The molecular formula is C22H23P. The van der Waals surface area contributed by atoms with Gasteiger partial charge in [-0.25, -0.2) is 0 Å². The van der Waals surface area contributed by atoms with Crippen LogP contribution in [0.2, 0.25) is 0 Å². The van der Waals surface area contributed by atoms with Gasteiger partial charge in [-0.1, -0.05) is 97.9 Å². The normalized spacial score (nSPS) is 12.8. The fraction of sp³-hybridized carbons (Fsp3) is 0.182. The Labute approximate surface area is 141 Å². The van der Waals surface area contributed by atoms with Gasteiger partial charge in [0, 0.05) is 11.1 Å². The fourth-order valence-corrected chi connectivity index (χ4v) is 4.32. The first kappa shape index (κ1) is 16.0. The van der Waals surface area contributed by atoms with E-state index in [1.165, 1.54) is 16.7 Å². The van der Waals surface area contributed by atoms with E-state index in [4.69, 9.17) is 0 Å². The molecule has 0 aliphatic carbocycles. The molecule has 0 radical (unpaired) electrons. The third-order valence-corrected chi connectivity index (χ3v) is 5.73. The highest BCUT2D eigenvalue weighted by atomic mass is 31.0. The third-order valence-electron chi connectivity index (χ3n) is 4.66. The molecule has 3 aromatic rings. The van der Waals surface area contributed by atoms with Crippen LogP contribution >= 0.6 is 9.24 Å². The lowest BCUT2D eigenvalue weighted by Gasteiger charge is -2.39. The van der Waals surface area contributed by atoms with Crippen molar-refractivity contribution in [3.05, 3.63) is 108 Å². The van der Waals surface area contributed by atoms with Crippen LogP contribution in [0.5, 0.6) is 0 Å². The summed E-state index contributed by atoms with van der Waals surface area (Å²) >= 11 is 0. The highest BCUT2D eigenvalue weighted by molar-refractivity contribution is 7.19. The molecule has 0 amide bonds. The van der Waals surface area contributed by atoms with Gasteiger partial charge in [0.05, 0.1) is 0 Å². The molecule has 116 valence electrons. The summed E-state index contributed by atoms with van der Waals surface area (Å²) in [6.07, 6.45) is 1.08. The Bertz CT molecular complexity index is 680. The molecular weight excluding hydrogens is 295 g/mol. The van der Waals surface area contributed by atoms with E-state index < -0.39 is 0 Å². The van der Waals surface area contributed by atoms with Crippen LogP contribution in [0.1, 0.15) is 36.0 Å². The van der Waals surface area contributed by atoms with Gasteiger partial charge in [-0.2, -0.15) is 0 Å². The first-order chi connectivity index (χ1) is 11.3. The Kier molecular flexibility index (Phi) is 4.94. The first-order valence-corrected chi connectivity index (χ1v) is 8.79. The summed E-state index contributed by atoms with van der Waals surface area (Å²) in [6, 6.07) is 32.5. The summed E-state index contributed by atoms with van der Waals surface area (Å²) in [5, 5.41) is -0.126. The van der Waals surface area contributed by atoms with Crippen LogP contribution in [0.3, 0.4) is 0 Å². The Hall–Kier alpha value is -1.91. The van der Waals surface area contributed by atoms with Crippen molar-refractivity contribution in [3.8, 4) is 0 Å². The van der Waals surface area contributed by atoms with Crippen molar-refractivity contribution >= 4 is 9.24 Å². The summed E-state index contributed by atoms with van der Waals surface area (Å²) in [5.74, 6) is 0.401. The SMILES string of the molecule is CCC(c1ccccc1)C(P)(c1ccccc1)c1ccccc1. The van der Waals surface area contributed by atoms with Gasteiger partial charge in [-0.05, 0) is 23.1 Å². The minimum atomic E-state index is -0.126. The van der Waals surface area contributed by atoms with Gasteiger partial charge in [0.2, 0.25) is 0 Å². The third kappa shape index (κ3) is 3.09. The zero-order valence-corrected chi connectivity index (χ0v) is 14.7.